The Kier molecular flexibility index (Phi) is 5.51. The summed E-state index contributed by atoms with van der Waals surface area (Å²) < 4.78 is 51.3. The third-order valence-corrected chi connectivity index (χ3v) is 7.59. The first-order chi connectivity index (χ1) is 15.9. The van der Waals surface area contributed by atoms with E-state index in [1.165, 1.54) is 22.6 Å². The van der Waals surface area contributed by atoms with Gasteiger partial charge in [0.15, 0.2) is 11.5 Å². The highest BCUT2D eigenvalue weighted by molar-refractivity contribution is 7.89. The fourth-order valence-corrected chi connectivity index (χ4v) is 5.35. The van der Waals surface area contributed by atoms with Gasteiger partial charge in [-0.3, -0.25) is 9.89 Å². The van der Waals surface area contributed by atoms with Crippen molar-refractivity contribution in [2.24, 2.45) is 0 Å². The van der Waals surface area contributed by atoms with Crippen LogP contribution in [0.3, 0.4) is 0 Å². The lowest BCUT2D eigenvalue weighted by Gasteiger charge is -2.34. The lowest BCUT2D eigenvalue weighted by molar-refractivity contribution is 0.0698. The van der Waals surface area contributed by atoms with E-state index in [2.05, 4.69) is 10.2 Å². The molecule has 3 aromatic rings. The molecular weight excluding hydrogens is 451 g/mol. The number of sulfonamides is 1. The van der Waals surface area contributed by atoms with Crippen LogP contribution < -0.4 is 9.47 Å². The third-order valence-electron chi connectivity index (χ3n) is 5.68. The summed E-state index contributed by atoms with van der Waals surface area (Å²) in [7, 11) is -3.76. The molecule has 0 saturated carbocycles. The SMILES string of the molecule is O=C(c1cn[nH]c1-c1ccc2c(c1)OCCO2)N1CCN(S(=O)(=O)c2ccc(F)cc2)CC1. The number of carbonyl (C=O) groups excluding carboxylic acids is 1. The van der Waals surface area contributed by atoms with E-state index < -0.39 is 15.8 Å². The Hall–Kier alpha value is -3.44. The van der Waals surface area contributed by atoms with E-state index in [1.807, 2.05) is 6.07 Å². The first kappa shape index (κ1) is 21.4. The van der Waals surface area contributed by atoms with Crippen LogP contribution in [0.5, 0.6) is 11.5 Å². The van der Waals surface area contributed by atoms with Gasteiger partial charge in [0, 0.05) is 31.7 Å². The molecule has 172 valence electrons. The average Bonchev–Trinajstić information content (AvgIpc) is 3.34. The van der Waals surface area contributed by atoms with Crippen LogP contribution in [0.15, 0.2) is 53.6 Å². The van der Waals surface area contributed by atoms with Crippen LogP contribution in [0.25, 0.3) is 11.3 Å². The Morgan fingerprint density at radius 3 is 2.39 bits per heavy atom. The number of piperazine rings is 1. The second-order valence-electron chi connectivity index (χ2n) is 7.67. The summed E-state index contributed by atoms with van der Waals surface area (Å²) in [5, 5.41) is 6.92. The molecule has 1 fully saturated rings. The normalized spacial score (nSPS) is 16.6. The molecule has 0 atom stereocenters. The number of nitrogens with one attached hydrogen (secondary N) is 1. The van der Waals surface area contributed by atoms with Gasteiger partial charge in [0.05, 0.1) is 22.3 Å². The maximum absolute atomic E-state index is 13.2. The molecule has 11 heteroatoms. The van der Waals surface area contributed by atoms with Gasteiger partial charge < -0.3 is 14.4 Å². The Bertz CT molecular complexity index is 1280. The quantitative estimate of drug-likeness (QED) is 0.624. The number of hydrogen-bond acceptors (Lipinski definition) is 6. The highest BCUT2D eigenvalue weighted by atomic mass is 32.2. The maximum atomic E-state index is 13.2. The summed E-state index contributed by atoms with van der Waals surface area (Å²) in [6.07, 6.45) is 1.47. The van der Waals surface area contributed by atoms with Gasteiger partial charge in [-0.2, -0.15) is 9.40 Å². The summed E-state index contributed by atoms with van der Waals surface area (Å²) in [5.74, 6) is 0.507. The number of hydrogen-bond donors (Lipinski definition) is 1. The highest BCUT2D eigenvalue weighted by Gasteiger charge is 2.31. The zero-order valence-corrected chi connectivity index (χ0v) is 18.3. The number of H-pyrrole nitrogens is 1. The van der Waals surface area contributed by atoms with Gasteiger partial charge >= 0.3 is 0 Å². The Morgan fingerprint density at radius 2 is 1.67 bits per heavy atom. The molecule has 2 aromatic carbocycles. The lowest BCUT2D eigenvalue weighted by Crippen LogP contribution is -2.50. The van der Waals surface area contributed by atoms with E-state index in [1.54, 1.807) is 17.0 Å². The molecule has 0 aliphatic carbocycles. The Balaban J connectivity index is 1.31. The Morgan fingerprint density at radius 1 is 0.970 bits per heavy atom. The number of aromatic amines is 1. The minimum atomic E-state index is -3.76. The minimum Gasteiger partial charge on any atom is -0.486 e. The van der Waals surface area contributed by atoms with Crippen LogP contribution in [0, 0.1) is 5.82 Å². The van der Waals surface area contributed by atoms with Crippen molar-refractivity contribution < 1.29 is 27.1 Å². The van der Waals surface area contributed by atoms with Crippen LogP contribution in [-0.4, -0.2) is 73.1 Å². The first-order valence-electron chi connectivity index (χ1n) is 10.4. The molecule has 0 spiro atoms. The number of ether oxygens (including phenoxy) is 2. The van der Waals surface area contributed by atoms with Crippen LogP contribution in [-0.2, 0) is 10.0 Å². The summed E-state index contributed by atoms with van der Waals surface area (Å²) in [4.78, 5) is 14.8. The molecule has 0 bridgehead atoms. The van der Waals surface area contributed by atoms with Crippen LogP contribution in [0.1, 0.15) is 10.4 Å². The number of halogens is 1. The van der Waals surface area contributed by atoms with Crippen molar-refractivity contribution >= 4 is 15.9 Å². The highest BCUT2D eigenvalue weighted by Crippen LogP contribution is 2.35. The molecule has 2 aliphatic heterocycles. The van der Waals surface area contributed by atoms with Crippen LogP contribution in [0.2, 0.25) is 0 Å². The number of benzene rings is 2. The van der Waals surface area contributed by atoms with Gasteiger partial charge in [0.1, 0.15) is 19.0 Å². The molecular formula is C22H21FN4O5S. The molecule has 9 nitrogen and oxygen atoms in total. The van der Waals surface area contributed by atoms with Crippen molar-refractivity contribution in [3.8, 4) is 22.8 Å². The van der Waals surface area contributed by atoms with Gasteiger partial charge in [-0.25, -0.2) is 12.8 Å². The van der Waals surface area contributed by atoms with Crippen LogP contribution >= 0.6 is 0 Å². The maximum Gasteiger partial charge on any atom is 0.257 e. The fraction of sp³-hybridized carbons (Fsp3) is 0.273. The zero-order chi connectivity index (χ0) is 23.0. The summed E-state index contributed by atoms with van der Waals surface area (Å²) in [6.45, 7) is 1.68. The fourth-order valence-electron chi connectivity index (χ4n) is 3.92. The third kappa shape index (κ3) is 4.05. The van der Waals surface area contributed by atoms with Crippen molar-refractivity contribution in [1.29, 1.82) is 0 Å². The van der Waals surface area contributed by atoms with Crippen LogP contribution in [0.4, 0.5) is 4.39 Å². The molecule has 1 saturated heterocycles. The van der Waals surface area contributed by atoms with Crippen molar-refractivity contribution in [3.63, 3.8) is 0 Å². The number of rotatable bonds is 4. The molecule has 2 aliphatic rings. The Labute approximate surface area is 189 Å². The minimum absolute atomic E-state index is 0.0272. The second-order valence-corrected chi connectivity index (χ2v) is 9.61. The largest absolute Gasteiger partial charge is 0.486 e. The summed E-state index contributed by atoms with van der Waals surface area (Å²) in [6, 6.07) is 10.1. The number of nitrogens with zero attached hydrogens (tertiary/aromatic N) is 3. The molecule has 1 amide bonds. The van der Waals surface area contributed by atoms with E-state index in [9.17, 15) is 17.6 Å². The zero-order valence-electron chi connectivity index (χ0n) is 17.5. The molecule has 1 N–H and O–H groups in total. The van der Waals surface area contributed by atoms with Gasteiger partial charge in [0.2, 0.25) is 10.0 Å². The van der Waals surface area contributed by atoms with E-state index in [-0.39, 0.29) is 37.0 Å². The second kappa shape index (κ2) is 8.49. The predicted octanol–water partition coefficient (Wildman–Crippen LogP) is 2.13. The number of amides is 1. The monoisotopic (exact) mass is 472 g/mol. The van der Waals surface area contributed by atoms with E-state index in [0.717, 1.165) is 17.7 Å². The average molecular weight is 472 g/mol. The molecule has 3 heterocycles. The lowest BCUT2D eigenvalue weighted by atomic mass is 10.1. The smallest absolute Gasteiger partial charge is 0.257 e. The predicted molar refractivity (Wildman–Crippen MR) is 116 cm³/mol. The summed E-state index contributed by atoms with van der Waals surface area (Å²) >= 11 is 0. The van der Waals surface area contributed by atoms with Gasteiger partial charge in [-0.05, 0) is 42.5 Å². The number of carbonyl (C=O) groups is 1. The van der Waals surface area contributed by atoms with Gasteiger partial charge in [-0.1, -0.05) is 0 Å². The van der Waals surface area contributed by atoms with E-state index in [4.69, 9.17) is 9.47 Å². The molecule has 1 aromatic heterocycles. The van der Waals surface area contributed by atoms with E-state index in [0.29, 0.717) is 36.0 Å². The molecule has 5 rings (SSSR count). The van der Waals surface area contributed by atoms with Gasteiger partial charge in [-0.15, -0.1) is 0 Å². The van der Waals surface area contributed by atoms with Crippen molar-refractivity contribution in [3.05, 3.63) is 60.0 Å². The number of fused-ring (bicyclic) bond motifs is 1. The molecule has 33 heavy (non-hydrogen) atoms. The first-order valence-corrected chi connectivity index (χ1v) is 11.9. The summed E-state index contributed by atoms with van der Waals surface area (Å²) in [5.41, 5.74) is 1.68. The topological polar surface area (TPSA) is 105 Å². The van der Waals surface area contributed by atoms with Gasteiger partial charge in [0.25, 0.3) is 5.91 Å². The standard InChI is InChI=1S/C22H21FN4O5S/c23-16-2-4-17(5-3-16)33(29,30)27-9-7-26(8-10-27)22(28)18-14-24-25-21(18)15-1-6-19-20(13-15)32-12-11-31-19/h1-6,13-14H,7-12H2,(H,24,25). The van der Waals surface area contributed by atoms with E-state index >= 15 is 0 Å². The van der Waals surface area contributed by atoms with Crippen molar-refractivity contribution in [2.75, 3.05) is 39.4 Å². The molecule has 0 radical (unpaired) electrons. The van der Waals surface area contributed by atoms with Crippen molar-refractivity contribution in [2.45, 2.75) is 4.90 Å². The number of aromatic nitrogens is 2. The molecule has 0 unspecified atom stereocenters. The van der Waals surface area contributed by atoms with Crippen molar-refractivity contribution in [1.82, 2.24) is 19.4 Å².